The van der Waals surface area contributed by atoms with Crippen molar-refractivity contribution >= 4 is 27.8 Å². The van der Waals surface area contributed by atoms with Crippen LogP contribution in [0.4, 0.5) is 0 Å². The Hall–Kier alpha value is -2.62. The van der Waals surface area contributed by atoms with E-state index in [-0.39, 0.29) is 5.78 Å². The van der Waals surface area contributed by atoms with Crippen molar-refractivity contribution < 1.29 is 9.21 Å². The van der Waals surface area contributed by atoms with Crippen molar-refractivity contribution in [2.75, 3.05) is 0 Å². The fraction of sp³-hybridized carbons (Fsp3) is 0.333. The standard InChI is InChI=1S/C21H24N2O2/c1-14(2)6-4-7-15(3)8-5-9-19(24)21-11-16-10-17-18(23-13-22-17)12-20(16)25-21/h6,8,10-13H,4-5,7,9H2,1-3H3,(H,22,23)/b15-8+. The molecule has 0 atom stereocenters. The Morgan fingerprint density at radius 1 is 1.12 bits per heavy atom. The number of carbonyl (C=O) groups is 1. The van der Waals surface area contributed by atoms with Gasteiger partial charge in [0.05, 0.1) is 17.4 Å². The number of nitrogens with one attached hydrogen (secondary N) is 1. The van der Waals surface area contributed by atoms with Crippen molar-refractivity contribution in [1.29, 1.82) is 0 Å². The first-order chi connectivity index (χ1) is 12.0. The van der Waals surface area contributed by atoms with E-state index < -0.39 is 0 Å². The molecule has 130 valence electrons. The van der Waals surface area contributed by atoms with Gasteiger partial charge in [-0.1, -0.05) is 23.3 Å². The summed E-state index contributed by atoms with van der Waals surface area (Å²) < 4.78 is 5.73. The van der Waals surface area contributed by atoms with Crippen molar-refractivity contribution in [3.8, 4) is 0 Å². The molecule has 0 aliphatic rings. The predicted octanol–water partition coefficient (Wildman–Crippen LogP) is 5.96. The summed E-state index contributed by atoms with van der Waals surface area (Å²) in [6.07, 6.45) is 9.38. The van der Waals surface area contributed by atoms with Gasteiger partial charge in [0.1, 0.15) is 5.58 Å². The SMILES string of the molecule is CC(C)=CCC/C(C)=C/CCC(=O)c1cc2cc3nc[nH]c3cc2o1. The number of allylic oxidation sites excluding steroid dienone is 4. The Balaban J connectivity index is 1.61. The van der Waals surface area contributed by atoms with Crippen molar-refractivity contribution in [2.45, 2.75) is 46.5 Å². The lowest BCUT2D eigenvalue weighted by molar-refractivity contribution is 0.0959. The lowest BCUT2D eigenvalue weighted by atomic mass is 10.1. The van der Waals surface area contributed by atoms with Gasteiger partial charge in [-0.3, -0.25) is 4.79 Å². The van der Waals surface area contributed by atoms with Crippen LogP contribution < -0.4 is 0 Å². The molecular formula is C21H24N2O2. The van der Waals surface area contributed by atoms with E-state index in [1.165, 1.54) is 11.1 Å². The molecule has 0 amide bonds. The Bertz CT molecular complexity index is 905. The van der Waals surface area contributed by atoms with Gasteiger partial charge in [-0.25, -0.2) is 4.98 Å². The molecule has 0 aliphatic carbocycles. The summed E-state index contributed by atoms with van der Waals surface area (Å²) in [6.45, 7) is 6.35. The van der Waals surface area contributed by atoms with E-state index in [0.29, 0.717) is 17.8 Å². The van der Waals surface area contributed by atoms with Crippen LogP contribution >= 0.6 is 0 Å². The molecule has 2 aromatic heterocycles. The van der Waals surface area contributed by atoms with Crippen LogP contribution in [0.2, 0.25) is 0 Å². The molecule has 1 aromatic carbocycles. The number of furan rings is 1. The molecule has 0 saturated carbocycles. The lowest BCUT2D eigenvalue weighted by Gasteiger charge is -1.99. The van der Waals surface area contributed by atoms with Crippen LogP contribution in [0.3, 0.4) is 0 Å². The van der Waals surface area contributed by atoms with Crippen molar-refractivity contribution in [3.63, 3.8) is 0 Å². The highest BCUT2D eigenvalue weighted by molar-refractivity contribution is 6.00. The molecule has 3 rings (SSSR count). The maximum atomic E-state index is 12.4. The van der Waals surface area contributed by atoms with Crippen LogP contribution in [0.1, 0.15) is 57.0 Å². The van der Waals surface area contributed by atoms with E-state index in [1.54, 1.807) is 6.33 Å². The molecule has 0 bridgehead atoms. The first-order valence-corrected chi connectivity index (χ1v) is 8.72. The van der Waals surface area contributed by atoms with Crippen LogP contribution in [0, 0.1) is 0 Å². The number of hydrogen-bond acceptors (Lipinski definition) is 3. The van der Waals surface area contributed by atoms with E-state index in [4.69, 9.17) is 4.42 Å². The van der Waals surface area contributed by atoms with Gasteiger partial charge in [-0.05, 0) is 52.2 Å². The van der Waals surface area contributed by atoms with Crippen LogP contribution in [0.25, 0.3) is 22.0 Å². The molecule has 0 spiro atoms. The van der Waals surface area contributed by atoms with Crippen LogP contribution in [0.5, 0.6) is 0 Å². The molecule has 1 N–H and O–H groups in total. The quantitative estimate of drug-likeness (QED) is 0.427. The molecule has 3 aromatic rings. The summed E-state index contributed by atoms with van der Waals surface area (Å²) >= 11 is 0. The number of carbonyl (C=O) groups excluding carboxylic acids is 1. The second kappa shape index (κ2) is 7.51. The molecule has 0 aliphatic heterocycles. The van der Waals surface area contributed by atoms with Gasteiger partial charge in [0, 0.05) is 17.9 Å². The number of imidazole rings is 1. The zero-order valence-electron chi connectivity index (χ0n) is 15.1. The highest BCUT2D eigenvalue weighted by atomic mass is 16.3. The van der Waals surface area contributed by atoms with E-state index >= 15 is 0 Å². The summed E-state index contributed by atoms with van der Waals surface area (Å²) in [7, 11) is 0. The Morgan fingerprint density at radius 2 is 1.92 bits per heavy atom. The Labute approximate surface area is 147 Å². The topological polar surface area (TPSA) is 58.9 Å². The Morgan fingerprint density at radius 3 is 2.72 bits per heavy atom. The van der Waals surface area contributed by atoms with Gasteiger partial charge in [-0.15, -0.1) is 0 Å². The van der Waals surface area contributed by atoms with Gasteiger partial charge < -0.3 is 9.40 Å². The number of rotatable bonds is 7. The molecule has 2 heterocycles. The minimum absolute atomic E-state index is 0.0427. The fourth-order valence-corrected chi connectivity index (χ4v) is 2.87. The number of hydrogen-bond donors (Lipinski definition) is 1. The molecule has 4 nitrogen and oxygen atoms in total. The van der Waals surface area contributed by atoms with Gasteiger partial charge in [0.15, 0.2) is 11.5 Å². The molecule has 0 saturated heterocycles. The average molecular weight is 336 g/mol. The summed E-state index contributed by atoms with van der Waals surface area (Å²) in [4.78, 5) is 19.7. The van der Waals surface area contributed by atoms with Crippen LogP contribution in [0.15, 0.2) is 52.2 Å². The molecule has 0 radical (unpaired) electrons. The average Bonchev–Trinajstić information content (AvgIpc) is 3.17. The Kier molecular flexibility index (Phi) is 5.17. The third-order valence-corrected chi connectivity index (χ3v) is 4.29. The van der Waals surface area contributed by atoms with Gasteiger partial charge in [-0.2, -0.15) is 0 Å². The summed E-state index contributed by atoms with van der Waals surface area (Å²) in [6, 6.07) is 5.65. The minimum atomic E-state index is 0.0427. The zero-order chi connectivity index (χ0) is 17.8. The maximum absolute atomic E-state index is 12.4. The van der Waals surface area contributed by atoms with Gasteiger partial charge in [0.25, 0.3) is 0 Å². The molecule has 4 heteroatoms. The number of nitrogens with zero attached hydrogens (tertiary/aromatic N) is 1. The summed E-state index contributed by atoms with van der Waals surface area (Å²) in [5, 5.41) is 0.913. The molecular weight excluding hydrogens is 312 g/mol. The number of benzene rings is 1. The second-order valence-corrected chi connectivity index (χ2v) is 6.75. The number of Topliss-reactive ketones (excluding diaryl/α,β-unsaturated/α-hetero) is 1. The third kappa shape index (κ3) is 4.27. The number of H-pyrrole nitrogens is 1. The first kappa shape index (κ1) is 17.2. The van der Waals surface area contributed by atoms with E-state index in [1.807, 2.05) is 18.2 Å². The van der Waals surface area contributed by atoms with Crippen molar-refractivity contribution in [3.05, 3.63) is 53.6 Å². The molecule has 0 fully saturated rings. The van der Waals surface area contributed by atoms with E-state index in [0.717, 1.165) is 35.7 Å². The number of fused-ring (bicyclic) bond motifs is 2. The zero-order valence-corrected chi connectivity index (χ0v) is 15.1. The highest BCUT2D eigenvalue weighted by Gasteiger charge is 2.13. The number of ketones is 1. The van der Waals surface area contributed by atoms with Crippen molar-refractivity contribution in [2.24, 2.45) is 0 Å². The number of aromatic nitrogens is 2. The van der Waals surface area contributed by atoms with Gasteiger partial charge in [0.2, 0.25) is 0 Å². The summed E-state index contributed by atoms with van der Waals surface area (Å²) in [5.74, 6) is 0.472. The third-order valence-electron chi connectivity index (χ3n) is 4.29. The molecule has 25 heavy (non-hydrogen) atoms. The van der Waals surface area contributed by atoms with Crippen LogP contribution in [-0.2, 0) is 0 Å². The maximum Gasteiger partial charge on any atom is 0.198 e. The lowest BCUT2D eigenvalue weighted by Crippen LogP contribution is -1.95. The number of aromatic amines is 1. The highest BCUT2D eigenvalue weighted by Crippen LogP contribution is 2.25. The summed E-state index contributed by atoms with van der Waals surface area (Å²) in [5.41, 5.74) is 5.18. The monoisotopic (exact) mass is 336 g/mol. The fourth-order valence-electron chi connectivity index (χ4n) is 2.87. The predicted molar refractivity (Wildman–Crippen MR) is 102 cm³/mol. The second-order valence-electron chi connectivity index (χ2n) is 6.75. The van der Waals surface area contributed by atoms with Gasteiger partial charge >= 0.3 is 0 Å². The minimum Gasteiger partial charge on any atom is -0.453 e. The largest absolute Gasteiger partial charge is 0.453 e. The molecule has 0 unspecified atom stereocenters. The first-order valence-electron chi connectivity index (χ1n) is 8.72. The smallest absolute Gasteiger partial charge is 0.198 e. The normalized spacial score (nSPS) is 12.0. The van der Waals surface area contributed by atoms with E-state index in [9.17, 15) is 4.79 Å². The van der Waals surface area contributed by atoms with E-state index in [2.05, 4.69) is 42.9 Å². The van der Waals surface area contributed by atoms with Crippen molar-refractivity contribution in [1.82, 2.24) is 9.97 Å². The van der Waals surface area contributed by atoms with Crippen LogP contribution in [-0.4, -0.2) is 15.8 Å².